The van der Waals surface area contributed by atoms with E-state index in [0.717, 1.165) is 38.5 Å². The Bertz CT molecular complexity index is 620. The Balaban J connectivity index is 2.04. The van der Waals surface area contributed by atoms with Crippen LogP contribution in [0.15, 0.2) is 29.2 Å². The van der Waals surface area contributed by atoms with Gasteiger partial charge in [-0.25, -0.2) is 13.1 Å². The van der Waals surface area contributed by atoms with Crippen molar-refractivity contribution in [3.8, 4) is 0 Å². The molecule has 0 unspecified atom stereocenters. The van der Waals surface area contributed by atoms with Crippen LogP contribution < -0.4 is 4.72 Å². The molecule has 5 nitrogen and oxygen atoms in total. The van der Waals surface area contributed by atoms with Gasteiger partial charge in [-0.1, -0.05) is 26.2 Å². The van der Waals surface area contributed by atoms with Gasteiger partial charge in [0.2, 0.25) is 10.0 Å². The number of unbranched alkanes of at least 4 members (excludes halogenated alkanes) is 1. The summed E-state index contributed by atoms with van der Waals surface area (Å²) in [7, 11) is -1.73. The standard InChI is InChI=1S/C17H26N2O3S/c1-3-4-13-19(2)17(20)14-9-11-16(12-10-14)23(21,22)18-15-7-5-6-8-15/h9-12,15,18H,3-8,13H2,1-2H3. The molecule has 0 spiro atoms. The molecule has 128 valence electrons. The van der Waals surface area contributed by atoms with Crippen LogP contribution in [0.25, 0.3) is 0 Å². The summed E-state index contributed by atoms with van der Waals surface area (Å²) < 4.78 is 27.4. The molecule has 0 radical (unpaired) electrons. The average Bonchev–Trinajstić information content (AvgIpc) is 3.04. The molecule has 2 rings (SSSR count). The predicted molar refractivity (Wildman–Crippen MR) is 90.9 cm³/mol. The molecule has 6 heteroatoms. The van der Waals surface area contributed by atoms with Crippen LogP contribution >= 0.6 is 0 Å². The van der Waals surface area contributed by atoms with E-state index in [-0.39, 0.29) is 16.8 Å². The number of carbonyl (C=O) groups is 1. The molecule has 1 amide bonds. The highest BCUT2D eigenvalue weighted by atomic mass is 32.2. The minimum atomic E-state index is -3.50. The smallest absolute Gasteiger partial charge is 0.253 e. The fourth-order valence-corrected chi connectivity index (χ4v) is 4.13. The van der Waals surface area contributed by atoms with E-state index >= 15 is 0 Å². The van der Waals surface area contributed by atoms with Gasteiger partial charge in [-0.15, -0.1) is 0 Å². The summed E-state index contributed by atoms with van der Waals surface area (Å²) >= 11 is 0. The molecule has 0 bridgehead atoms. The molecule has 1 fully saturated rings. The van der Waals surface area contributed by atoms with Gasteiger partial charge in [-0.05, 0) is 43.5 Å². The van der Waals surface area contributed by atoms with Gasteiger partial charge in [0.25, 0.3) is 5.91 Å². The summed E-state index contributed by atoms with van der Waals surface area (Å²) in [5.74, 6) is -0.0776. The lowest BCUT2D eigenvalue weighted by atomic mass is 10.2. The van der Waals surface area contributed by atoms with Crippen molar-refractivity contribution in [2.24, 2.45) is 0 Å². The number of benzene rings is 1. The summed E-state index contributed by atoms with van der Waals surface area (Å²) in [6, 6.07) is 6.25. The molecule has 1 aromatic carbocycles. The summed E-state index contributed by atoms with van der Waals surface area (Å²) in [6.45, 7) is 2.79. The minimum absolute atomic E-state index is 0.0430. The first kappa shape index (κ1) is 17.9. The zero-order valence-electron chi connectivity index (χ0n) is 13.9. The second-order valence-corrected chi connectivity index (χ2v) is 7.92. The van der Waals surface area contributed by atoms with E-state index < -0.39 is 10.0 Å². The fourth-order valence-electron chi connectivity index (χ4n) is 2.83. The molecule has 23 heavy (non-hydrogen) atoms. The van der Waals surface area contributed by atoms with E-state index in [9.17, 15) is 13.2 Å². The Morgan fingerprint density at radius 2 is 1.83 bits per heavy atom. The Labute approximate surface area is 139 Å². The number of hydrogen-bond acceptors (Lipinski definition) is 3. The van der Waals surface area contributed by atoms with Crippen LogP contribution in [-0.2, 0) is 10.0 Å². The third kappa shape index (κ3) is 4.78. The zero-order valence-corrected chi connectivity index (χ0v) is 14.7. The normalized spacial score (nSPS) is 15.7. The lowest BCUT2D eigenvalue weighted by Gasteiger charge is -2.17. The number of hydrogen-bond donors (Lipinski definition) is 1. The predicted octanol–water partition coefficient (Wildman–Crippen LogP) is 2.78. The minimum Gasteiger partial charge on any atom is -0.342 e. The number of nitrogens with one attached hydrogen (secondary N) is 1. The van der Waals surface area contributed by atoms with Crippen molar-refractivity contribution in [2.75, 3.05) is 13.6 Å². The van der Waals surface area contributed by atoms with E-state index in [0.29, 0.717) is 12.1 Å². The zero-order chi connectivity index (χ0) is 16.9. The van der Waals surface area contributed by atoms with Crippen LogP contribution in [-0.4, -0.2) is 38.9 Å². The van der Waals surface area contributed by atoms with E-state index in [1.165, 1.54) is 12.1 Å². The molecular weight excluding hydrogens is 312 g/mol. The van der Waals surface area contributed by atoms with Crippen LogP contribution in [0.3, 0.4) is 0 Å². The SMILES string of the molecule is CCCCN(C)C(=O)c1ccc(S(=O)(=O)NC2CCCC2)cc1. The maximum atomic E-state index is 12.3. The summed E-state index contributed by atoms with van der Waals surface area (Å²) in [5, 5.41) is 0. The first-order valence-electron chi connectivity index (χ1n) is 8.32. The van der Waals surface area contributed by atoms with Crippen molar-refractivity contribution >= 4 is 15.9 Å². The van der Waals surface area contributed by atoms with Crippen molar-refractivity contribution in [3.63, 3.8) is 0 Å². The van der Waals surface area contributed by atoms with E-state index in [2.05, 4.69) is 11.6 Å². The molecule has 1 aromatic rings. The molecular formula is C17H26N2O3S. The lowest BCUT2D eigenvalue weighted by molar-refractivity contribution is 0.0793. The fraction of sp³-hybridized carbons (Fsp3) is 0.588. The number of rotatable bonds is 7. The number of amides is 1. The van der Waals surface area contributed by atoms with Gasteiger partial charge in [0.05, 0.1) is 4.90 Å². The number of carbonyl (C=O) groups excluding carboxylic acids is 1. The summed E-state index contributed by atoms with van der Waals surface area (Å²) in [4.78, 5) is 14.1. The first-order chi connectivity index (χ1) is 10.9. The summed E-state index contributed by atoms with van der Waals surface area (Å²) in [5.41, 5.74) is 0.517. The highest BCUT2D eigenvalue weighted by molar-refractivity contribution is 7.89. The Morgan fingerprint density at radius 1 is 1.22 bits per heavy atom. The van der Waals surface area contributed by atoms with Crippen LogP contribution in [0.1, 0.15) is 55.8 Å². The largest absolute Gasteiger partial charge is 0.342 e. The van der Waals surface area contributed by atoms with Gasteiger partial charge in [0, 0.05) is 25.2 Å². The average molecular weight is 338 g/mol. The van der Waals surface area contributed by atoms with Gasteiger partial charge in [0.15, 0.2) is 0 Å². The number of sulfonamides is 1. The highest BCUT2D eigenvalue weighted by Crippen LogP contribution is 2.20. The Morgan fingerprint density at radius 3 is 2.39 bits per heavy atom. The second-order valence-electron chi connectivity index (χ2n) is 6.21. The van der Waals surface area contributed by atoms with Gasteiger partial charge >= 0.3 is 0 Å². The van der Waals surface area contributed by atoms with Gasteiger partial charge in [-0.2, -0.15) is 0 Å². The van der Waals surface area contributed by atoms with Crippen LogP contribution in [0.5, 0.6) is 0 Å². The van der Waals surface area contributed by atoms with Crippen molar-refractivity contribution in [1.29, 1.82) is 0 Å². The highest BCUT2D eigenvalue weighted by Gasteiger charge is 2.23. The third-order valence-electron chi connectivity index (χ3n) is 4.28. The molecule has 1 N–H and O–H groups in total. The number of nitrogens with zero attached hydrogens (tertiary/aromatic N) is 1. The molecule has 0 aliphatic heterocycles. The van der Waals surface area contributed by atoms with Crippen molar-refractivity contribution in [2.45, 2.75) is 56.4 Å². The van der Waals surface area contributed by atoms with Crippen LogP contribution in [0.2, 0.25) is 0 Å². The Kier molecular flexibility index (Phi) is 6.18. The summed E-state index contributed by atoms with van der Waals surface area (Å²) in [6.07, 6.45) is 5.94. The maximum Gasteiger partial charge on any atom is 0.253 e. The Hall–Kier alpha value is -1.40. The topological polar surface area (TPSA) is 66.5 Å². The van der Waals surface area contributed by atoms with Crippen molar-refractivity contribution < 1.29 is 13.2 Å². The second kappa shape index (κ2) is 7.93. The lowest BCUT2D eigenvalue weighted by Crippen LogP contribution is -2.32. The van der Waals surface area contributed by atoms with E-state index in [1.807, 2.05) is 0 Å². The van der Waals surface area contributed by atoms with E-state index in [4.69, 9.17) is 0 Å². The quantitative estimate of drug-likeness (QED) is 0.831. The molecule has 0 aromatic heterocycles. The van der Waals surface area contributed by atoms with E-state index in [1.54, 1.807) is 24.1 Å². The molecule has 0 heterocycles. The van der Waals surface area contributed by atoms with Gasteiger partial charge < -0.3 is 4.90 Å². The van der Waals surface area contributed by atoms with Crippen LogP contribution in [0, 0.1) is 0 Å². The molecule has 1 aliphatic carbocycles. The van der Waals surface area contributed by atoms with Crippen LogP contribution in [0.4, 0.5) is 0 Å². The monoisotopic (exact) mass is 338 g/mol. The van der Waals surface area contributed by atoms with Crippen molar-refractivity contribution in [1.82, 2.24) is 9.62 Å². The maximum absolute atomic E-state index is 12.3. The van der Waals surface area contributed by atoms with Gasteiger partial charge in [0.1, 0.15) is 0 Å². The first-order valence-corrected chi connectivity index (χ1v) is 9.80. The van der Waals surface area contributed by atoms with Gasteiger partial charge in [-0.3, -0.25) is 4.79 Å². The molecule has 1 saturated carbocycles. The molecule has 0 saturated heterocycles. The van der Waals surface area contributed by atoms with Crippen molar-refractivity contribution in [3.05, 3.63) is 29.8 Å². The molecule has 0 atom stereocenters. The molecule has 1 aliphatic rings. The third-order valence-corrected chi connectivity index (χ3v) is 5.82.